The molecule has 0 aliphatic carbocycles. The number of aromatic nitrogens is 1. The molecule has 1 atom stereocenters. The van der Waals surface area contributed by atoms with E-state index in [4.69, 9.17) is 0 Å². The summed E-state index contributed by atoms with van der Waals surface area (Å²) in [5.41, 5.74) is 0.913. The molecule has 19 heavy (non-hydrogen) atoms. The largest absolute Gasteiger partial charge is 0.353 e. The van der Waals surface area contributed by atoms with Crippen molar-refractivity contribution >= 4 is 5.78 Å². The van der Waals surface area contributed by atoms with Gasteiger partial charge in [0.2, 0.25) is 0 Å². The summed E-state index contributed by atoms with van der Waals surface area (Å²) in [7, 11) is 2.03. The summed E-state index contributed by atoms with van der Waals surface area (Å²) in [4.78, 5) is 12.5. The van der Waals surface area contributed by atoms with Gasteiger partial charge in [-0.2, -0.15) is 0 Å². The third kappa shape index (κ3) is 4.83. The zero-order chi connectivity index (χ0) is 14.6. The molecule has 0 saturated heterocycles. The molecule has 0 amide bonds. The summed E-state index contributed by atoms with van der Waals surface area (Å²) < 4.78 is 2.08. The summed E-state index contributed by atoms with van der Waals surface area (Å²) in [6, 6.07) is 4.05. The molecule has 3 nitrogen and oxygen atoms in total. The third-order valence-electron chi connectivity index (χ3n) is 3.34. The molecule has 1 heterocycles. The van der Waals surface area contributed by atoms with Gasteiger partial charge >= 0.3 is 0 Å². The van der Waals surface area contributed by atoms with Gasteiger partial charge in [0.05, 0.1) is 6.04 Å². The minimum absolute atomic E-state index is 0.0603. The Hall–Kier alpha value is -1.09. The van der Waals surface area contributed by atoms with Gasteiger partial charge in [0, 0.05) is 30.9 Å². The Morgan fingerprint density at radius 1 is 1.37 bits per heavy atom. The minimum Gasteiger partial charge on any atom is -0.353 e. The molecule has 0 radical (unpaired) electrons. The van der Waals surface area contributed by atoms with Gasteiger partial charge in [-0.25, -0.2) is 0 Å². The van der Waals surface area contributed by atoms with Gasteiger partial charge in [-0.1, -0.05) is 34.6 Å². The molecule has 3 heteroatoms. The normalized spacial score (nSPS) is 13.8. The van der Waals surface area contributed by atoms with E-state index < -0.39 is 0 Å². The fourth-order valence-corrected chi connectivity index (χ4v) is 2.19. The fraction of sp³-hybridized carbons (Fsp3) is 0.688. The first-order valence-corrected chi connectivity index (χ1v) is 7.09. The highest BCUT2D eigenvalue weighted by Gasteiger charge is 2.29. The molecule has 0 aliphatic rings. The predicted molar refractivity (Wildman–Crippen MR) is 80.0 cm³/mol. The Bertz CT molecular complexity index is 413. The predicted octanol–water partition coefficient (Wildman–Crippen LogP) is 3.14. The molecule has 0 unspecified atom stereocenters. The number of carbonyl (C=O) groups is 1. The number of hydrogen-bond acceptors (Lipinski definition) is 2. The first-order chi connectivity index (χ1) is 8.71. The molecule has 108 valence electrons. The zero-order valence-corrected chi connectivity index (χ0v) is 13.2. The van der Waals surface area contributed by atoms with Gasteiger partial charge in [-0.05, 0) is 24.5 Å². The van der Waals surface area contributed by atoms with Crippen LogP contribution in [0.25, 0.3) is 0 Å². The molecular formula is C16H28N2O. The number of nitrogens with one attached hydrogen (secondary N) is 1. The highest BCUT2D eigenvalue weighted by Crippen LogP contribution is 2.20. The van der Waals surface area contributed by atoms with Gasteiger partial charge < -0.3 is 9.88 Å². The van der Waals surface area contributed by atoms with Crippen LogP contribution < -0.4 is 5.32 Å². The molecule has 0 bridgehead atoms. The van der Waals surface area contributed by atoms with Crippen LogP contribution in [0.15, 0.2) is 18.3 Å². The SMILES string of the molecule is CC(C)C[C@@H](NCc1cccn1C)C(=O)C(C)(C)C. The van der Waals surface area contributed by atoms with Crippen LogP contribution in [0.1, 0.15) is 46.7 Å². The molecule has 0 aromatic carbocycles. The van der Waals surface area contributed by atoms with Crippen molar-refractivity contribution < 1.29 is 4.79 Å². The second-order valence-corrected chi connectivity index (χ2v) is 6.79. The van der Waals surface area contributed by atoms with Crippen LogP contribution in [-0.4, -0.2) is 16.4 Å². The molecule has 1 rings (SSSR count). The number of Topliss-reactive ketones (excluding diaryl/α,β-unsaturated/α-hetero) is 1. The van der Waals surface area contributed by atoms with Crippen molar-refractivity contribution in [2.45, 2.75) is 53.6 Å². The summed E-state index contributed by atoms with van der Waals surface area (Å²) in [5, 5.41) is 3.43. The topological polar surface area (TPSA) is 34.0 Å². The van der Waals surface area contributed by atoms with E-state index in [2.05, 4.69) is 29.8 Å². The number of carbonyl (C=O) groups excluding carboxylic acids is 1. The first-order valence-electron chi connectivity index (χ1n) is 7.09. The van der Waals surface area contributed by atoms with E-state index >= 15 is 0 Å². The zero-order valence-electron chi connectivity index (χ0n) is 13.2. The van der Waals surface area contributed by atoms with Crippen molar-refractivity contribution in [2.75, 3.05) is 0 Å². The molecule has 1 aromatic rings. The summed E-state index contributed by atoms with van der Waals surface area (Å²) >= 11 is 0. The quantitative estimate of drug-likeness (QED) is 0.856. The number of hydrogen-bond donors (Lipinski definition) is 1. The maximum Gasteiger partial charge on any atom is 0.155 e. The number of rotatable bonds is 6. The van der Waals surface area contributed by atoms with Crippen LogP contribution in [-0.2, 0) is 18.4 Å². The summed E-state index contributed by atoms with van der Waals surface area (Å²) in [5.74, 6) is 0.813. The molecule has 1 aromatic heterocycles. The molecule has 0 spiro atoms. The average Bonchev–Trinajstić information content (AvgIpc) is 2.67. The lowest BCUT2D eigenvalue weighted by Gasteiger charge is -2.27. The van der Waals surface area contributed by atoms with Crippen molar-refractivity contribution in [3.8, 4) is 0 Å². The third-order valence-corrected chi connectivity index (χ3v) is 3.34. The Balaban J connectivity index is 2.70. The van der Waals surface area contributed by atoms with Crippen LogP contribution >= 0.6 is 0 Å². The molecule has 0 saturated carbocycles. The van der Waals surface area contributed by atoms with Gasteiger partial charge in [0.1, 0.15) is 0 Å². The van der Waals surface area contributed by atoms with Gasteiger partial charge in [-0.3, -0.25) is 4.79 Å². The number of ketones is 1. The van der Waals surface area contributed by atoms with Crippen molar-refractivity contribution in [3.63, 3.8) is 0 Å². The van der Waals surface area contributed by atoms with E-state index in [0.717, 1.165) is 13.0 Å². The first kappa shape index (κ1) is 16.0. The standard InChI is InChI=1S/C16H28N2O/c1-12(2)10-14(15(19)16(3,4)5)17-11-13-8-7-9-18(13)6/h7-9,12,14,17H,10-11H2,1-6H3/t14-/m1/s1. The monoisotopic (exact) mass is 264 g/mol. The average molecular weight is 264 g/mol. The van der Waals surface area contributed by atoms with Crippen LogP contribution in [0, 0.1) is 11.3 Å². The van der Waals surface area contributed by atoms with E-state index in [1.54, 1.807) is 0 Å². The maximum atomic E-state index is 12.5. The maximum absolute atomic E-state index is 12.5. The van der Waals surface area contributed by atoms with Crippen molar-refractivity contribution in [3.05, 3.63) is 24.0 Å². The van der Waals surface area contributed by atoms with E-state index in [1.165, 1.54) is 5.69 Å². The fourth-order valence-electron chi connectivity index (χ4n) is 2.19. The lowest BCUT2D eigenvalue weighted by molar-refractivity contribution is -0.128. The van der Waals surface area contributed by atoms with Crippen molar-refractivity contribution in [2.24, 2.45) is 18.4 Å². The Morgan fingerprint density at radius 3 is 2.42 bits per heavy atom. The van der Waals surface area contributed by atoms with E-state index in [-0.39, 0.29) is 11.5 Å². The van der Waals surface area contributed by atoms with Crippen LogP contribution in [0.3, 0.4) is 0 Å². The number of nitrogens with zero attached hydrogens (tertiary/aromatic N) is 1. The van der Waals surface area contributed by atoms with Gasteiger partial charge in [0.25, 0.3) is 0 Å². The van der Waals surface area contributed by atoms with Gasteiger partial charge in [-0.15, -0.1) is 0 Å². The molecular weight excluding hydrogens is 236 g/mol. The summed E-state index contributed by atoms with van der Waals surface area (Å²) in [6.07, 6.45) is 2.92. The Morgan fingerprint density at radius 2 is 2.00 bits per heavy atom. The second-order valence-electron chi connectivity index (χ2n) is 6.79. The highest BCUT2D eigenvalue weighted by atomic mass is 16.1. The molecule has 1 N–H and O–H groups in total. The van der Waals surface area contributed by atoms with E-state index in [0.29, 0.717) is 11.7 Å². The van der Waals surface area contributed by atoms with Crippen LogP contribution in [0.5, 0.6) is 0 Å². The van der Waals surface area contributed by atoms with Gasteiger partial charge in [0.15, 0.2) is 5.78 Å². The van der Waals surface area contributed by atoms with E-state index in [9.17, 15) is 4.79 Å². The smallest absolute Gasteiger partial charge is 0.155 e. The highest BCUT2D eigenvalue weighted by molar-refractivity contribution is 5.88. The lowest BCUT2D eigenvalue weighted by atomic mass is 9.83. The molecule has 0 fully saturated rings. The summed E-state index contributed by atoms with van der Waals surface area (Å²) in [6.45, 7) is 11.0. The Kier molecular flexibility index (Phi) is 5.36. The van der Waals surface area contributed by atoms with Crippen LogP contribution in [0.2, 0.25) is 0 Å². The van der Waals surface area contributed by atoms with Crippen LogP contribution in [0.4, 0.5) is 0 Å². The molecule has 0 aliphatic heterocycles. The second kappa shape index (κ2) is 6.38. The number of aryl methyl sites for hydroxylation is 1. The lowest BCUT2D eigenvalue weighted by Crippen LogP contribution is -2.43. The van der Waals surface area contributed by atoms with Crippen molar-refractivity contribution in [1.29, 1.82) is 0 Å². The van der Waals surface area contributed by atoms with Crippen molar-refractivity contribution in [1.82, 2.24) is 9.88 Å². The Labute approximate surface area is 117 Å². The van der Waals surface area contributed by atoms with E-state index in [1.807, 2.05) is 40.1 Å². The minimum atomic E-state index is -0.291.